The number of aryl methyl sites for hydroxylation is 2. The number of H-pyrrole nitrogens is 1. The van der Waals surface area contributed by atoms with Crippen LogP contribution in [0.25, 0.3) is 0 Å². The topological polar surface area (TPSA) is 54.9 Å². The van der Waals surface area contributed by atoms with Gasteiger partial charge in [-0.15, -0.1) is 0 Å². The average Bonchev–Trinajstić information content (AvgIpc) is 2.69. The van der Waals surface area contributed by atoms with E-state index in [1.54, 1.807) is 31.8 Å². The maximum atomic E-state index is 12.7. The van der Waals surface area contributed by atoms with Gasteiger partial charge in [-0.1, -0.05) is 22.9 Å². The predicted octanol–water partition coefficient (Wildman–Crippen LogP) is 3.27. The Kier molecular flexibility index (Phi) is 5.11. The number of benzene rings is 1. The van der Waals surface area contributed by atoms with Crippen molar-refractivity contribution < 1.29 is 4.79 Å². The smallest absolute Gasteiger partial charge is 0.277 e. The summed E-state index contributed by atoms with van der Waals surface area (Å²) in [5.74, 6) is 1.51. The molecule has 4 nitrogen and oxygen atoms in total. The molecule has 0 aliphatic carbocycles. The highest BCUT2D eigenvalue weighted by Gasteiger charge is 2.21. The zero-order valence-electron chi connectivity index (χ0n) is 12.2. The van der Waals surface area contributed by atoms with Crippen LogP contribution in [0.4, 0.5) is 0 Å². The molecule has 21 heavy (non-hydrogen) atoms. The van der Waals surface area contributed by atoms with Crippen LogP contribution in [-0.4, -0.2) is 21.3 Å². The highest BCUT2D eigenvalue weighted by molar-refractivity contribution is 9.10. The Bertz CT molecular complexity index is 734. The molecule has 1 aromatic carbocycles. The van der Waals surface area contributed by atoms with Crippen molar-refractivity contribution in [1.29, 1.82) is 0 Å². The number of ketones is 1. The quantitative estimate of drug-likeness (QED) is 0.823. The Labute approximate surface area is 136 Å². The van der Waals surface area contributed by atoms with E-state index < -0.39 is 0 Å². The van der Waals surface area contributed by atoms with E-state index in [4.69, 9.17) is 0 Å². The Balaban J connectivity index is 2.50. The van der Waals surface area contributed by atoms with Crippen LogP contribution in [0.1, 0.15) is 34.1 Å². The largest absolute Gasteiger partial charge is 0.299 e. The van der Waals surface area contributed by atoms with Gasteiger partial charge in [0, 0.05) is 28.5 Å². The van der Waals surface area contributed by atoms with Gasteiger partial charge >= 0.3 is 0 Å². The number of hydrogen-bond donors (Lipinski definition) is 1. The monoisotopic (exact) mass is 368 g/mol. The summed E-state index contributed by atoms with van der Waals surface area (Å²) in [5, 5.41) is 2.87. The highest BCUT2D eigenvalue weighted by atomic mass is 79.9. The zero-order valence-corrected chi connectivity index (χ0v) is 14.6. The summed E-state index contributed by atoms with van der Waals surface area (Å²) in [6.07, 6.45) is 0. The van der Waals surface area contributed by atoms with Crippen molar-refractivity contribution in [3.05, 3.63) is 55.4 Å². The van der Waals surface area contributed by atoms with Crippen LogP contribution in [-0.2, 0) is 12.8 Å². The molecule has 0 radical (unpaired) electrons. The van der Waals surface area contributed by atoms with Crippen LogP contribution < -0.4 is 5.56 Å². The van der Waals surface area contributed by atoms with E-state index in [1.807, 2.05) is 12.1 Å². The maximum absolute atomic E-state index is 12.7. The second-order valence-corrected chi connectivity index (χ2v) is 6.93. The van der Waals surface area contributed by atoms with Crippen molar-refractivity contribution >= 4 is 33.5 Å². The fourth-order valence-electron chi connectivity index (χ4n) is 2.20. The predicted molar refractivity (Wildman–Crippen MR) is 90.2 cm³/mol. The molecule has 0 bridgehead atoms. The van der Waals surface area contributed by atoms with Crippen LogP contribution in [0.2, 0.25) is 0 Å². The molecule has 0 unspecified atom stereocenters. The second-order valence-electron chi connectivity index (χ2n) is 4.74. The number of thioether (sulfide) groups is 1. The first-order valence-corrected chi connectivity index (χ1v) is 8.57. The minimum atomic E-state index is -0.283. The molecule has 1 aromatic heterocycles. The van der Waals surface area contributed by atoms with Gasteiger partial charge in [0.05, 0.1) is 0 Å². The summed E-state index contributed by atoms with van der Waals surface area (Å²) in [6, 6.07) is 5.56. The first-order valence-electron chi connectivity index (χ1n) is 6.62. The molecule has 0 saturated heterocycles. The van der Waals surface area contributed by atoms with Crippen molar-refractivity contribution in [2.45, 2.75) is 19.6 Å². The van der Waals surface area contributed by atoms with Gasteiger partial charge in [0.15, 0.2) is 0 Å². The molecule has 1 heterocycles. The number of nitrogens with zero attached hydrogens (tertiary/aromatic N) is 1. The van der Waals surface area contributed by atoms with Crippen molar-refractivity contribution in [3.8, 4) is 0 Å². The van der Waals surface area contributed by atoms with Crippen molar-refractivity contribution in [3.63, 3.8) is 0 Å². The van der Waals surface area contributed by atoms with Gasteiger partial charge in [-0.2, -0.15) is 11.8 Å². The number of aromatic nitrogens is 2. The second kappa shape index (κ2) is 6.66. The molecule has 0 fully saturated rings. The average molecular weight is 369 g/mol. The summed E-state index contributed by atoms with van der Waals surface area (Å²) < 4.78 is 2.27. The van der Waals surface area contributed by atoms with Gasteiger partial charge in [-0.3, -0.25) is 19.4 Å². The molecule has 6 heteroatoms. The lowest BCUT2D eigenvalue weighted by atomic mass is 9.99. The van der Waals surface area contributed by atoms with E-state index in [1.165, 1.54) is 4.68 Å². The number of nitrogens with one attached hydrogen (secondary N) is 1. The number of rotatable bonds is 5. The Morgan fingerprint density at radius 2 is 2.14 bits per heavy atom. The number of aromatic amines is 1. The minimum Gasteiger partial charge on any atom is -0.299 e. The van der Waals surface area contributed by atoms with E-state index >= 15 is 0 Å². The van der Waals surface area contributed by atoms with Gasteiger partial charge in [-0.05, 0) is 36.4 Å². The molecule has 0 spiro atoms. The lowest BCUT2D eigenvalue weighted by Crippen LogP contribution is -2.20. The molecular formula is C15H17BrN2O2S. The van der Waals surface area contributed by atoms with E-state index in [0.29, 0.717) is 11.3 Å². The summed E-state index contributed by atoms with van der Waals surface area (Å²) >= 11 is 5.18. The fourth-order valence-corrected chi connectivity index (χ4v) is 3.28. The molecule has 1 N–H and O–H groups in total. The first-order chi connectivity index (χ1) is 9.95. The third kappa shape index (κ3) is 3.32. The molecule has 0 aliphatic heterocycles. The third-order valence-corrected chi connectivity index (χ3v) is 4.65. The first kappa shape index (κ1) is 16.1. The lowest BCUT2D eigenvalue weighted by molar-refractivity contribution is 0.103. The third-order valence-electron chi connectivity index (χ3n) is 3.23. The normalized spacial score (nSPS) is 10.9. The van der Waals surface area contributed by atoms with Gasteiger partial charge in [0.25, 0.3) is 5.56 Å². The van der Waals surface area contributed by atoms with Gasteiger partial charge in [0.2, 0.25) is 5.78 Å². The molecule has 0 aliphatic rings. The molecule has 2 rings (SSSR count). The van der Waals surface area contributed by atoms with E-state index in [2.05, 4.69) is 28.0 Å². The molecule has 0 atom stereocenters. The van der Waals surface area contributed by atoms with Crippen LogP contribution in [0.3, 0.4) is 0 Å². The summed E-state index contributed by atoms with van der Waals surface area (Å²) in [6.45, 7) is 3.82. The number of halogens is 1. The van der Waals surface area contributed by atoms with Crippen LogP contribution in [0, 0.1) is 6.92 Å². The van der Waals surface area contributed by atoms with Crippen LogP contribution in [0.5, 0.6) is 0 Å². The van der Waals surface area contributed by atoms with Crippen molar-refractivity contribution in [2.75, 3.05) is 5.75 Å². The van der Waals surface area contributed by atoms with E-state index in [9.17, 15) is 9.59 Å². The highest BCUT2D eigenvalue weighted by Crippen LogP contribution is 2.23. The number of hydrogen-bond acceptors (Lipinski definition) is 3. The van der Waals surface area contributed by atoms with E-state index in [-0.39, 0.29) is 16.9 Å². The summed E-state index contributed by atoms with van der Waals surface area (Å²) in [7, 11) is 1.61. The lowest BCUT2D eigenvalue weighted by Gasteiger charge is -2.08. The van der Waals surface area contributed by atoms with E-state index in [0.717, 1.165) is 21.5 Å². The van der Waals surface area contributed by atoms with Crippen LogP contribution >= 0.6 is 27.7 Å². The number of carbonyl (C=O) groups is 1. The Hall–Kier alpha value is -1.27. The summed E-state index contributed by atoms with van der Waals surface area (Å²) in [5.41, 5.74) is 2.09. The molecule has 0 saturated carbocycles. The van der Waals surface area contributed by atoms with Crippen molar-refractivity contribution in [2.24, 2.45) is 7.05 Å². The fraction of sp³-hybridized carbons (Fsp3) is 0.333. The van der Waals surface area contributed by atoms with Crippen molar-refractivity contribution in [1.82, 2.24) is 9.78 Å². The van der Waals surface area contributed by atoms with Gasteiger partial charge in [0.1, 0.15) is 5.56 Å². The zero-order chi connectivity index (χ0) is 15.6. The molecular weight excluding hydrogens is 352 g/mol. The molecule has 2 aromatic rings. The number of carbonyl (C=O) groups excluding carboxylic acids is 1. The Morgan fingerprint density at radius 1 is 1.43 bits per heavy atom. The standard InChI is InChI=1S/C15H17BrN2O2S/c1-4-21-8-10-7-11(16)5-6-12(10)14(19)13-9(2)17-18(3)15(13)20/h5-7,17H,4,8H2,1-3H3. The summed E-state index contributed by atoms with van der Waals surface area (Å²) in [4.78, 5) is 24.8. The SMILES string of the molecule is CCSCc1cc(Br)ccc1C(=O)c1c(C)[nH]n(C)c1=O. The Morgan fingerprint density at radius 3 is 2.71 bits per heavy atom. The molecule has 0 amide bonds. The maximum Gasteiger partial charge on any atom is 0.277 e. The molecule has 112 valence electrons. The minimum absolute atomic E-state index is 0.214. The van der Waals surface area contributed by atoms with Gasteiger partial charge < -0.3 is 0 Å². The van der Waals surface area contributed by atoms with Crippen LogP contribution in [0.15, 0.2) is 27.5 Å². The van der Waals surface area contributed by atoms with Gasteiger partial charge in [-0.25, -0.2) is 0 Å².